The van der Waals surface area contributed by atoms with Gasteiger partial charge < -0.3 is 14.2 Å². The number of hydrogen-bond donors (Lipinski definition) is 0. The van der Waals surface area contributed by atoms with E-state index in [1.54, 1.807) is 0 Å². The van der Waals surface area contributed by atoms with Crippen molar-refractivity contribution in [1.82, 2.24) is 9.55 Å². The Morgan fingerprint density at radius 3 is 2.13 bits per heavy atom. The van der Waals surface area contributed by atoms with Crippen LogP contribution >= 0.6 is 0 Å². The molecular weight excluding hydrogens is 916 g/mol. The topological polar surface area (TPSA) is 42.6 Å². The molecule has 2 aromatic heterocycles. The van der Waals surface area contributed by atoms with Crippen molar-refractivity contribution in [3.8, 4) is 16.9 Å². The van der Waals surface area contributed by atoms with Crippen molar-refractivity contribution >= 4 is 44.8 Å². The molecule has 60 heavy (non-hydrogen) atoms. The monoisotopic (exact) mass is 971 g/mol. The number of anilines is 3. The van der Waals surface area contributed by atoms with E-state index in [4.69, 9.17) is 14.7 Å². The van der Waals surface area contributed by atoms with Gasteiger partial charge in [0.05, 0.1) is 5.54 Å². The Hall–Kier alpha value is -4.99. The maximum Gasteiger partial charge on any atom is 2.00 e. The summed E-state index contributed by atoms with van der Waals surface area (Å²) in [4.78, 5) is 12.7. The standard InChI is InChI=1S/C54H56N4O.Pt/c1-31(2)54(13)30-59-51(56-54)38-24-37(50-35(6)20-34(5)21-36(50)7)25-40(26-38)57-46-17-15-33(4)23-43(46)53(11,12)44-28-42-41-22-32(3)14-16-45(41)58(47(42)29-48(44)57)49-27-39(18-19-55-49)52(8,9)10;/h14-25,27-28,31H,30H2,1-13H3;/q-2;+2/t54-;/m0./s1. The zero-order valence-electron chi connectivity index (χ0n) is 37.4. The molecule has 9 rings (SSSR count). The molecule has 5 nitrogen and oxygen atoms in total. The van der Waals surface area contributed by atoms with Gasteiger partial charge in [0, 0.05) is 17.4 Å². The Morgan fingerprint density at radius 1 is 0.750 bits per heavy atom. The third-order valence-corrected chi connectivity index (χ3v) is 13.1. The Kier molecular flexibility index (Phi) is 10.1. The van der Waals surface area contributed by atoms with Gasteiger partial charge in [-0.25, -0.2) is 4.98 Å². The predicted octanol–water partition coefficient (Wildman–Crippen LogP) is 13.6. The molecule has 2 aliphatic heterocycles. The minimum atomic E-state index is -0.331. The molecule has 0 N–H and O–H groups in total. The van der Waals surface area contributed by atoms with E-state index in [-0.39, 0.29) is 37.4 Å². The van der Waals surface area contributed by atoms with Crippen LogP contribution in [0.4, 0.5) is 17.1 Å². The fraction of sp³-hybridized carbons (Fsp3) is 0.333. The van der Waals surface area contributed by atoms with Crippen LogP contribution in [0.3, 0.4) is 0 Å². The summed E-state index contributed by atoms with van der Waals surface area (Å²) in [6.45, 7) is 29.6. The smallest absolute Gasteiger partial charge is 0.518 e. The van der Waals surface area contributed by atoms with Crippen LogP contribution in [0.25, 0.3) is 38.8 Å². The van der Waals surface area contributed by atoms with E-state index >= 15 is 0 Å². The zero-order valence-corrected chi connectivity index (χ0v) is 39.7. The molecule has 0 spiro atoms. The van der Waals surface area contributed by atoms with Crippen molar-refractivity contribution in [3.63, 3.8) is 0 Å². The van der Waals surface area contributed by atoms with Crippen LogP contribution in [0, 0.1) is 52.7 Å². The van der Waals surface area contributed by atoms with Crippen molar-refractivity contribution in [1.29, 1.82) is 0 Å². The Balaban J connectivity index is 0.00000499. The average molecular weight is 972 g/mol. The number of pyridine rings is 1. The van der Waals surface area contributed by atoms with Crippen molar-refractivity contribution < 1.29 is 25.8 Å². The largest absolute Gasteiger partial charge is 2.00 e. The normalized spacial score (nSPS) is 17.1. The third kappa shape index (κ3) is 6.73. The quantitative estimate of drug-likeness (QED) is 0.161. The van der Waals surface area contributed by atoms with Gasteiger partial charge in [-0.05, 0) is 121 Å². The van der Waals surface area contributed by atoms with Crippen LogP contribution < -0.4 is 4.90 Å². The molecule has 6 heteroatoms. The first-order valence-corrected chi connectivity index (χ1v) is 21.1. The first-order chi connectivity index (χ1) is 27.8. The summed E-state index contributed by atoms with van der Waals surface area (Å²) in [6, 6.07) is 37.6. The van der Waals surface area contributed by atoms with Gasteiger partial charge in [0.1, 0.15) is 18.3 Å². The molecule has 1 atom stereocenters. The van der Waals surface area contributed by atoms with E-state index in [1.165, 1.54) is 60.8 Å². The van der Waals surface area contributed by atoms with Gasteiger partial charge in [0.15, 0.2) is 0 Å². The van der Waals surface area contributed by atoms with E-state index < -0.39 is 0 Å². The van der Waals surface area contributed by atoms with Gasteiger partial charge in [-0.2, -0.15) is 6.07 Å². The van der Waals surface area contributed by atoms with Crippen LogP contribution in [0.2, 0.25) is 0 Å². The van der Waals surface area contributed by atoms with Gasteiger partial charge >= 0.3 is 21.1 Å². The number of rotatable bonds is 5. The van der Waals surface area contributed by atoms with E-state index in [0.717, 1.165) is 45.0 Å². The number of benzene rings is 5. The van der Waals surface area contributed by atoms with E-state index in [2.05, 4.69) is 190 Å². The zero-order chi connectivity index (χ0) is 41.9. The van der Waals surface area contributed by atoms with Crippen LogP contribution in [-0.4, -0.2) is 27.6 Å². The third-order valence-electron chi connectivity index (χ3n) is 13.1. The van der Waals surface area contributed by atoms with Crippen molar-refractivity contribution in [3.05, 3.63) is 147 Å². The predicted molar refractivity (Wildman–Crippen MR) is 247 cm³/mol. The summed E-state index contributed by atoms with van der Waals surface area (Å²) >= 11 is 0. The Morgan fingerprint density at radius 2 is 1.45 bits per heavy atom. The molecule has 0 unspecified atom stereocenters. The molecule has 0 amide bonds. The molecule has 0 bridgehead atoms. The van der Waals surface area contributed by atoms with E-state index in [0.29, 0.717) is 18.4 Å². The maximum absolute atomic E-state index is 6.50. The summed E-state index contributed by atoms with van der Waals surface area (Å²) in [5, 5.41) is 2.37. The van der Waals surface area contributed by atoms with E-state index in [9.17, 15) is 0 Å². The molecule has 4 heterocycles. The number of ether oxygens (including phenoxy) is 1. The van der Waals surface area contributed by atoms with Crippen LogP contribution in [0.5, 0.6) is 0 Å². The fourth-order valence-corrected chi connectivity index (χ4v) is 9.36. The second-order valence-corrected chi connectivity index (χ2v) is 19.4. The minimum absolute atomic E-state index is 0. The van der Waals surface area contributed by atoms with Gasteiger partial charge in [0.25, 0.3) is 0 Å². The Labute approximate surface area is 371 Å². The SMILES string of the molecule is Cc1cc(C)c(-c2cc(C3=N[C@](C)(C(C)C)CO3)[c-]c(N3c4[c-]c5c(cc4C(C)(C)c4cc(C)ccc43)c3cc(C)ccc3n5-c3cc(C(C)(C)C)ccn3)c2)c(C)c1.[Pt+2]. The average Bonchev–Trinajstić information content (AvgIpc) is 3.72. The number of aromatic nitrogens is 2. The van der Waals surface area contributed by atoms with Crippen LogP contribution in [-0.2, 0) is 36.6 Å². The molecule has 0 fully saturated rings. The summed E-state index contributed by atoms with van der Waals surface area (Å²) in [5.41, 5.74) is 17.6. The second-order valence-electron chi connectivity index (χ2n) is 19.4. The van der Waals surface area contributed by atoms with Gasteiger partial charge in [-0.1, -0.05) is 124 Å². The van der Waals surface area contributed by atoms with Crippen LogP contribution in [0.15, 0.2) is 90.1 Å². The summed E-state index contributed by atoms with van der Waals surface area (Å²) in [7, 11) is 0. The maximum atomic E-state index is 6.50. The summed E-state index contributed by atoms with van der Waals surface area (Å²) in [6.07, 6.45) is 1.95. The molecular formula is C54H56N4OPt. The fourth-order valence-electron chi connectivity index (χ4n) is 9.36. The first kappa shape index (κ1) is 41.7. The molecule has 0 saturated carbocycles. The molecule has 308 valence electrons. The number of aliphatic imine (C=N–C) groups is 1. The van der Waals surface area contributed by atoms with Crippen molar-refractivity contribution in [2.75, 3.05) is 11.5 Å². The van der Waals surface area contributed by atoms with Gasteiger partial charge in [-0.3, -0.25) is 4.99 Å². The van der Waals surface area contributed by atoms with Crippen molar-refractivity contribution in [2.45, 2.75) is 106 Å². The van der Waals surface area contributed by atoms with Crippen LogP contribution in [0.1, 0.15) is 105 Å². The summed E-state index contributed by atoms with van der Waals surface area (Å²) < 4.78 is 8.81. The minimum Gasteiger partial charge on any atom is -0.518 e. The molecule has 0 saturated heterocycles. The second kappa shape index (κ2) is 14.6. The number of fused-ring (bicyclic) bond motifs is 5. The molecule has 0 radical (unpaired) electrons. The van der Waals surface area contributed by atoms with E-state index in [1.807, 2.05) is 6.20 Å². The summed E-state index contributed by atoms with van der Waals surface area (Å²) in [5.74, 6) is 1.86. The molecule has 7 aromatic rings. The first-order valence-electron chi connectivity index (χ1n) is 21.1. The number of nitrogens with zero attached hydrogens (tertiary/aromatic N) is 4. The molecule has 2 aliphatic rings. The van der Waals surface area contributed by atoms with Gasteiger partial charge in [0.2, 0.25) is 0 Å². The number of hydrogen-bond acceptors (Lipinski definition) is 4. The molecule has 5 aromatic carbocycles. The molecule has 0 aliphatic carbocycles. The number of aryl methyl sites for hydroxylation is 5. The van der Waals surface area contributed by atoms with Gasteiger partial charge in [-0.15, -0.1) is 35.2 Å². The Bertz CT molecular complexity index is 2880. The van der Waals surface area contributed by atoms with Crippen molar-refractivity contribution in [2.24, 2.45) is 10.9 Å².